The number of benzene rings is 1. The van der Waals surface area contributed by atoms with Crippen LogP contribution in [0, 0.1) is 11.8 Å². The fourth-order valence-electron chi connectivity index (χ4n) is 5.02. The predicted molar refractivity (Wildman–Crippen MR) is 106 cm³/mol. The number of rotatable bonds is 2. The second-order valence-corrected chi connectivity index (χ2v) is 8.17. The van der Waals surface area contributed by atoms with Gasteiger partial charge in [0.1, 0.15) is 22.8 Å². The summed E-state index contributed by atoms with van der Waals surface area (Å²) >= 11 is 0. The van der Waals surface area contributed by atoms with Crippen molar-refractivity contribution in [2.24, 2.45) is 17.6 Å². The molecular weight excluding hydrogens is 390 g/mol. The van der Waals surface area contributed by atoms with E-state index in [2.05, 4.69) is 6.58 Å². The van der Waals surface area contributed by atoms with Gasteiger partial charge in [-0.3, -0.25) is 14.4 Å². The van der Waals surface area contributed by atoms with Crippen molar-refractivity contribution in [2.75, 3.05) is 0 Å². The van der Waals surface area contributed by atoms with Gasteiger partial charge in [0.2, 0.25) is 5.78 Å². The summed E-state index contributed by atoms with van der Waals surface area (Å²) in [7, 11) is 0. The number of Topliss-reactive ketones (excluding diaryl/α,β-unsaturated/α-hetero) is 2. The lowest BCUT2D eigenvalue weighted by Gasteiger charge is -2.46. The number of phenolic OH excluding ortho intramolecular Hbond substituents is 1. The van der Waals surface area contributed by atoms with Crippen molar-refractivity contribution in [3.05, 3.63) is 52.3 Å². The Morgan fingerprint density at radius 1 is 1.20 bits per heavy atom. The van der Waals surface area contributed by atoms with Crippen molar-refractivity contribution in [3.63, 3.8) is 0 Å². The van der Waals surface area contributed by atoms with Gasteiger partial charge in [0, 0.05) is 17.9 Å². The quantitative estimate of drug-likeness (QED) is 0.461. The van der Waals surface area contributed by atoms with Crippen LogP contribution >= 0.6 is 0 Å². The summed E-state index contributed by atoms with van der Waals surface area (Å²) in [6.45, 7) is 5.69. The van der Waals surface area contributed by atoms with Gasteiger partial charge in [-0.15, -0.1) is 0 Å². The molecule has 0 unspecified atom stereocenters. The lowest BCUT2D eigenvalue weighted by Crippen LogP contribution is -2.58. The number of nitrogens with two attached hydrogens (primary N) is 1. The molecule has 0 radical (unpaired) electrons. The minimum Gasteiger partial charge on any atom is -0.508 e. The molecule has 1 fully saturated rings. The SMILES string of the molecule is C=C(C)c1ccc(O)c2c1C[C@H]1C[C@H]3CC(=O)C(C(N)=O)=C(O)[C@@]3(O)C(=O)C1=C2O. The molecule has 6 N–H and O–H groups in total. The number of aliphatic hydroxyl groups excluding tert-OH is 2. The van der Waals surface area contributed by atoms with E-state index in [4.69, 9.17) is 5.73 Å². The number of ketones is 2. The van der Waals surface area contributed by atoms with Crippen molar-refractivity contribution in [3.8, 4) is 5.75 Å². The fourth-order valence-corrected chi connectivity index (χ4v) is 5.02. The van der Waals surface area contributed by atoms with Gasteiger partial charge in [-0.05, 0) is 42.9 Å². The maximum absolute atomic E-state index is 13.3. The van der Waals surface area contributed by atoms with E-state index in [0.717, 1.165) is 5.56 Å². The highest BCUT2D eigenvalue weighted by atomic mass is 16.3. The second-order valence-electron chi connectivity index (χ2n) is 8.17. The summed E-state index contributed by atoms with van der Waals surface area (Å²) in [5.41, 5.74) is 3.78. The molecule has 30 heavy (non-hydrogen) atoms. The Morgan fingerprint density at radius 3 is 2.47 bits per heavy atom. The molecule has 0 heterocycles. The number of primary amides is 1. The van der Waals surface area contributed by atoms with Crippen molar-refractivity contribution in [1.82, 2.24) is 0 Å². The Bertz CT molecular complexity index is 1130. The van der Waals surface area contributed by atoms with Crippen LogP contribution in [0.25, 0.3) is 11.3 Å². The molecule has 0 bridgehead atoms. The maximum atomic E-state index is 13.3. The van der Waals surface area contributed by atoms with E-state index in [9.17, 15) is 34.8 Å². The Kier molecular flexibility index (Phi) is 4.18. The van der Waals surface area contributed by atoms with Crippen LogP contribution in [-0.2, 0) is 20.8 Å². The summed E-state index contributed by atoms with van der Waals surface area (Å²) in [6, 6.07) is 3.06. The lowest BCUT2D eigenvalue weighted by molar-refractivity contribution is -0.147. The van der Waals surface area contributed by atoms with Crippen LogP contribution in [-0.4, -0.2) is 43.5 Å². The number of allylic oxidation sites excluding steroid dienone is 1. The van der Waals surface area contributed by atoms with Crippen LogP contribution in [0.4, 0.5) is 0 Å². The molecule has 0 aliphatic heterocycles. The van der Waals surface area contributed by atoms with Crippen LogP contribution in [0.3, 0.4) is 0 Å². The Morgan fingerprint density at radius 2 is 1.87 bits per heavy atom. The molecule has 0 spiro atoms. The van der Waals surface area contributed by atoms with Gasteiger partial charge in [0.15, 0.2) is 11.4 Å². The zero-order chi connectivity index (χ0) is 22.1. The van der Waals surface area contributed by atoms with Crippen molar-refractivity contribution >= 4 is 28.8 Å². The van der Waals surface area contributed by atoms with E-state index < -0.39 is 52.0 Å². The average molecular weight is 411 g/mol. The van der Waals surface area contributed by atoms with Gasteiger partial charge in [0.25, 0.3) is 5.91 Å². The zero-order valence-corrected chi connectivity index (χ0v) is 16.2. The van der Waals surface area contributed by atoms with E-state index in [0.29, 0.717) is 11.1 Å². The van der Waals surface area contributed by atoms with Crippen molar-refractivity contribution < 1.29 is 34.8 Å². The third-order valence-corrected chi connectivity index (χ3v) is 6.41. The van der Waals surface area contributed by atoms with Gasteiger partial charge in [-0.2, -0.15) is 0 Å². The third-order valence-electron chi connectivity index (χ3n) is 6.41. The summed E-state index contributed by atoms with van der Waals surface area (Å²) < 4.78 is 0. The third kappa shape index (κ3) is 2.40. The number of phenols is 1. The predicted octanol–water partition coefficient (Wildman–Crippen LogP) is 1.46. The van der Waals surface area contributed by atoms with Crippen LogP contribution in [0.15, 0.2) is 35.6 Å². The van der Waals surface area contributed by atoms with Crippen LogP contribution in [0.1, 0.15) is 36.5 Å². The number of hydrogen-bond donors (Lipinski definition) is 5. The van der Waals surface area contributed by atoms with E-state index >= 15 is 0 Å². The first-order valence-electron chi connectivity index (χ1n) is 9.48. The largest absolute Gasteiger partial charge is 0.508 e. The van der Waals surface area contributed by atoms with Crippen molar-refractivity contribution in [1.29, 1.82) is 0 Å². The van der Waals surface area contributed by atoms with Gasteiger partial charge in [0.05, 0.1) is 5.56 Å². The normalized spacial score (nSPS) is 28.1. The summed E-state index contributed by atoms with van der Waals surface area (Å²) in [4.78, 5) is 37.3. The smallest absolute Gasteiger partial charge is 0.255 e. The minimum absolute atomic E-state index is 0.0719. The maximum Gasteiger partial charge on any atom is 0.255 e. The van der Waals surface area contributed by atoms with Gasteiger partial charge >= 0.3 is 0 Å². The number of carbonyl (C=O) groups is 3. The number of fused-ring (bicyclic) bond motifs is 3. The molecule has 3 aliphatic rings. The molecule has 1 saturated carbocycles. The first kappa shape index (κ1) is 19.9. The summed E-state index contributed by atoms with van der Waals surface area (Å²) in [5.74, 6) is -6.33. The van der Waals surface area contributed by atoms with Crippen molar-refractivity contribution in [2.45, 2.75) is 31.8 Å². The number of amides is 1. The Hall–Kier alpha value is -3.39. The number of hydrogen-bond acceptors (Lipinski definition) is 7. The Labute approximate surface area is 171 Å². The molecule has 4 rings (SSSR count). The van der Waals surface area contributed by atoms with E-state index in [1.807, 2.05) is 0 Å². The topological polar surface area (TPSA) is 158 Å². The van der Waals surface area contributed by atoms with Crippen LogP contribution in [0.2, 0.25) is 0 Å². The average Bonchev–Trinajstić information content (AvgIpc) is 2.64. The Balaban J connectivity index is 1.96. The molecular formula is C22H21NO7. The van der Waals surface area contributed by atoms with Gasteiger partial charge < -0.3 is 26.2 Å². The van der Waals surface area contributed by atoms with Crippen LogP contribution in [0.5, 0.6) is 5.75 Å². The van der Waals surface area contributed by atoms with Gasteiger partial charge in [-0.1, -0.05) is 18.2 Å². The zero-order valence-electron chi connectivity index (χ0n) is 16.2. The molecule has 0 saturated heterocycles. The standard InChI is InChI=1S/C22H21NO7/c1-8(2)11-3-4-13(24)16-12(11)6-9-5-10-7-14(25)17(21(23)29)20(28)22(10,30)19(27)15(9)18(16)26/h3-4,9-10,24,26,28,30H,1,5-7H2,2H3,(H2,23,29)/t9-,10+,22+/m1/s1. The highest BCUT2D eigenvalue weighted by Crippen LogP contribution is 2.52. The fraction of sp³-hybridized carbons (Fsp3) is 0.318. The highest BCUT2D eigenvalue weighted by Gasteiger charge is 2.60. The first-order valence-corrected chi connectivity index (χ1v) is 9.48. The molecule has 0 aromatic heterocycles. The number of carbonyl (C=O) groups excluding carboxylic acids is 3. The molecule has 156 valence electrons. The molecule has 1 amide bonds. The van der Waals surface area contributed by atoms with E-state index in [1.54, 1.807) is 13.0 Å². The van der Waals surface area contributed by atoms with E-state index in [-0.39, 0.29) is 36.1 Å². The van der Waals surface area contributed by atoms with Crippen LogP contribution < -0.4 is 5.73 Å². The van der Waals surface area contributed by atoms with Gasteiger partial charge in [-0.25, -0.2) is 0 Å². The molecule has 1 aromatic rings. The lowest BCUT2D eigenvalue weighted by atomic mass is 9.59. The monoisotopic (exact) mass is 411 g/mol. The second kappa shape index (κ2) is 6.30. The molecule has 3 atom stereocenters. The van der Waals surface area contributed by atoms with E-state index in [1.165, 1.54) is 6.07 Å². The molecule has 8 nitrogen and oxygen atoms in total. The molecule has 1 aromatic carbocycles. The summed E-state index contributed by atoms with van der Waals surface area (Å²) in [6.07, 6.45) is 0.0363. The molecule has 3 aliphatic carbocycles. The number of aliphatic hydroxyl groups is 3. The first-order chi connectivity index (χ1) is 14.0. The molecule has 8 heteroatoms. The summed E-state index contributed by atoms with van der Waals surface area (Å²) in [5, 5.41) is 42.9. The minimum atomic E-state index is -2.54. The number of aromatic hydroxyl groups is 1. The highest BCUT2D eigenvalue weighted by molar-refractivity contribution is 6.22.